The molecule has 19 nitrogen and oxygen atoms in total. The molecule has 2 saturated heterocycles. The lowest BCUT2D eigenvalue weighted by Crippen LogP contribution is -2.36. The third kappa shape index (κ3) is 17.7. The zero-order valence-corrected chi connectivity index (χ0v) is 48.7. The van der Waals surface area contributed by atoms with E-state index in [2.05, 4.69) is 49.1 Å². The molecule has 5 heterocycles. The van der Waals surface area contributed by atoms with Crippen LogP contribution in [0.4, 0.5) is 11.4 Å². The average Bonchev–Trinajstić information content (AvgIpc) is 4.27. The van der Waals surface area contributed by atoms with Crippen molar-refractivity contribution >= 4 is 47.4 Å². The van der Waals surface area contributed by atoms with Gasteiger partial charge in [-0.2, -0.15) is 11.8 Å². The maximum atomic E-state index is 13.8. The number of ether oxygens (including phenoxy) is 10. The molecule has 2 aromatic carbocycles. The van der Waals surface area contributed by atoms with Crippen LogP contribution in [0.15, 0.2) is 69.7 Å². The van der Waals surface area contributed by atoms with Crippen molar-refractivity contribution in [3.8, 4) is 28.7 Å². The number of carbonyl (C=O) groups is 2. The number of allylic oxidation sites excluding steroid dienone is 2. The second-order valence-electron chi connectivity index (χ2n) is 20.5. The fourth-order valence-corrected chi connectivity index (χ4v) is 10.0. The van der Waals surface area contributed by atoms with Gasteiger partial charge in [0.1, 0.15) is 25.6 Å². The van der Waals surface area contributed by atoms with Crippen LogP contribution in [0.3, 0.4) is 0 Å². The second kappa shape index (κ2) is 30.9. The summed E-state index contributed by atoms with van der Waals surface area (Å²) in [5, 5.41) is 0. The third-order valence-electron chi connectivity index (χ3n) is 14.3. The van der Waals surface area contributed by atoms with Gasteiger partial charge in [-0.15, -0.1) is 0 Å². The highest BCUT2D eigenvalue weighted by Crippen LogP contribution is 2.41. The van der Waals surface area contributed by atoms with Crippen molar-refractivity contribution in [2.24, 2.45) is 9.98 Å². The van der Waals surface area contributed by atoms with Crippen molar-refractivity contribution in [1.82, 2.24) is 24.6 Å². The molecule has 2 fully saturated rings. The maximum absolute atomic E-state index is 13.8. The van der Waals surface area contributed by atoms with Crippen LogP contribution in [0.2, 0.25) is 0 Å². The van der Waals surface area contributed by atoms with E-state index in [4.69, 9.17) is 62.3 Å². The monoisotopic (exact) mass is 1110 g/mol. The minimum Gasteiger partial charge on any atom is -0.493 e. The minimum absolute atomic E-state index is 0.0233. The molecule has 0 spiro atoms. The van der Waals surface area contributed by atoms with E-state index in [1.807, 2.05) is 60.0 Å². The van der Waals surface area contributed by atoms with Crippen LogP contribution < -0.4 is 23.7 Å². The number of aromatic nitrogens is 1. The first-order valence-electron chi connectivity index (χ1n) is 27.4. The Morgan fingerprint density at radius 3 is 1.57 bits per heavy atom. The molecule has 1 aromatic heterocycles. The van der Waals surface area contributed by atoms with Gasteiger partial charge in [0, 0.05) is 108 Å². The quantitative estimate of drug-likeness (QED) is 0.0417. The van der Waals surface area contributed by atoms with Crippen LogP contribution in [-0.4, -0.2) is 212 Å². The van der Waals surface area contributed by atoms with E-state index in [1.165, 1.54) is 11.1 Å². The number of hydrogen-bond donors (Lipinski definition) is 0. The molecule has 2 atom stereocenters. The number of pyridine rings is 1. The van der Waals surface area contributed by atoms with E-state index >= 15 is 0 Å². The molecule has 4 aliphatic heterocycles. The largest absolute Gasteiger partial charge is 0.493 e. The smallest absolute Gasteiger partial charge is 0.257 e. The maximum Gasteiger partial charge on any atom is 0.257 e. The highest BCUT2D eigenvalue weighted by Gasteiger charge is 2.36. The first-order valence-corrected chi connectivity index (χ1v) is 28.6. The number of hydrogen-bond acceptors (Lipinski definition) is 18. The van der Waals surface area contributed by atoms with Gasteiger partial charge in [-0.05, 0) is 72.4 Å². The third-order valence-corrected chi connectivity index (χ3v) is 15.5. The van der Waals surface area contributed by atoms with Gasteiger partial charge in [0.25, 0.3) is 11.8 Å². The van der Waals surface area contributed by atoms with Gasteiger partial charge >= 0.3 is 0 Å². The number of nitrogens with zero attached hydrogens (tertiary/aromatic N) is 7. The SMILES string of the molecule is C/C=C1\CC2C=Nc3cc(OCc4cc(OCCN(CCOCCOCCCOC)CCOCCOCCN(C)CC(C)(C)SC)cc(COc5cc6c(cc5OC)C(=O)N5C/C(=C/C)C[C@H]5C=N6)n4)c(OC)cc3C(=O)N2C1. The van der Waals surface area contributed by atoms with Crippen LogP contribution in [0, 0.1) is 0 Å². The van der Waals surface area contributed by atoms with E-state index in [-0.39, 0.29) is 41.9 Å². The predicted molar refractivity (Wildman–Crippen MR) is 308 cm³/mol. The molecule has 0 radical (unpaired) electrons. The molecule has 79 heavy (non-hydrogen) atoms. The molecule has 1 unspecified atom stereocenters. The molecule has 0 aliphatic carbocycles. The first-order chi connectivity index (χ1) is 38.3. The molecule has 2 amide bonds. The van der Waals surface area contributed by atoms with Crippen molar-refractivity contribution < 1.29 is 57.0 Å². The Bertz CT molecular complexity index is 2480. The fraction of sp³-hybridized carbons (Fsp3) is 0.576. The lowest BCUT2D eigenvalue weighted by atomic mass is 10.1. The van der Waals surface area contributed by atoms with Crippen LogP contribution in [0.25, 0.3) is 0 Å². The number of carbonyl (C=O) groups excluding carboxylic acids is 2. The zero-order valence-electron chi connectivity index (χ0n) is 47.9. The van der Waals surface area contributed by atoms with E-state index in [1.54, 1.807) is 45.6 Å². The normalized spacial score (nSPS) is 17.9. The number of amides is 2. The van der Waals surface area contributed by atoms with Gasteiger partial charge in [-0.3, -0.25) is 29.5 Å². The summed E-state index contributed by atoms with van der Waals surface area (Å²) in [4.78, 5) is 50.4. The summed E-state index contributed by atoms with van der Waals surface area (Å²) in [7, 11) is 6.91. The Balaban J connectivity index is 1.04. The Hall–Kier alpha value is -5.58. The van der Waals surface area contributed by atoms with Gasteiger partial charge in [0.15, 0.2) is 23.0 Å². The van der Waals surface area contributed by atoms with Crippen molar-refractivity contribution in [2.45, 2.75) is 77.0 Å². The van der Waals surface area contributed by atoms with Gasteiger partial charge < -0.3 is 62.1 Å². The van der Waals surface area contributed by atoms with Crippen molar-refractivity contribution in [2.75, 3.05) is 147 Å². The number of methoxy groups -OCH3 is 3. The predicted octanol–water partition coefficient (Wildman–Crippen LogP) is 7.87. The summed E-state index contributed by atoms with van der Waals surface area (Å²) in [5.41, 5.74) is 5.42. The van der Waals surface area contributed by atoms with Gasteiger partial charge in [0.2, 0.25) is 0 Å². The lowest BCUT2D eigenvalue weighted by molar-refractivity contribution is 0.0177. The molecule has 432 valence electrons. The molecule has 4 aliphatic rings. The molecule has 7 rings (SSSR count). The lowest BCUT2D eigenvalue weighted by Gasteiger charge is -2.28. The molecule has 0 bridgehead atoms. The first kappa shape index (κ1) is 61.0. The summed E-state index contributed by atoms with van der Waals surface area (Å²) >= 11 is 1.87. The van der Waals surface area contributed by atoms with Crippen LogP contribution in [-0.2, 0) is 36.9 Å². The number of fused-ring (bicyclic) bond motifs is 4. The number of aliphatic imine (C=N–C) groups is 2. The van der Waals surface area contributed by atoms with E-state index in [0.717, 1.165) is 32.4 Å². The molecular formula is C59H83N7O12S. The summed E-state index contributed by atoms with van der Waals surface area (Å²) in [6, 6.07) is 10.3. The Morgan fingerprint density at radius 2 is 1.10 bits per heavy atom. The second-order valence-corrected chi connectivity index (χ2v) is 22.0. The number of likely N-dealkylation sites (N-methyl/N-ethyl adjacent to an activating group) is 1. The van der Waals surface area contributed by atoms with Crippen molar-refractivity contribution in [3.63, 3.8) is 0 Å². The summed E-state index contributed by atoms with van der Waals surface area (Å²) < 4.78 is 59.9. The van der Waals surface area contributed by atoms with Gasteiger partial charge in [-0.25, -0.2) is 0 Å². The van der Waals surface area contributed by atoms with E-state index in [9.17, 15) is 9.59 Å². The van der Waals surface area contributed by atoms with Crippen molar-refractivity contribution in [1.29, 1.82) is 0 Å². The number of rotatable bonds is 34. The zero-order chi connectivity index (χ0) is 56.2. The molecule has 0 N–H and O–H groups in total. The van der Waals surface area contributed by atoms with E-state index in [0.29, 0.717) is 161 Å². The standard InChI is InChI=1S/C59H83N7O12S/c1-10-42-27-46-35-60-51-33-55(53(70-7)31-49(51)57(67)65(46)37-42)77-39-44-29-48(30-45(62-44)40-78-56-34-52-50(32-54(56)71-8)58(68)66-38-43(11-2)28-47(66)36-61-52)76-22-16-64(14-20-74-24-23-72-18-12-17-69-6)15-21-75-26-25-73-19-13-63(5)41-59(3,4)79-9/h10-11,29-36,46-47H,12-28,37-41H2,1-9H3/b42-10+,43-11+/t46-,47?/m0/s1. The van der Waals surface area contributed by atoms with Gasteiger partial charge in [0.05, 0.1) is 106 Å². The summed E-state index contributed by atoms with van der Waals surface area (Å²) in [6.45, 7) is 18.7. The minimum atomic E-state index is -0.120. The van der Waals surface area contributed by atoms with Crippen LogP contribution >= 0.6 is 11.8 Å². The molecule has 20 heteroatoms. The molecule has 3 aromatic rings. The number of benzene rings is 2. The number of thioether (sulfide) groups is 1. The average molecular weight is 1110 g/mol. The highest BCUT2D eigenvalue weighted by atomic mass is 32.2. The summed E-state index contributed by atoms with van der Waals surface area (Å²) in [5.74, 6) is 1.95. The highest BCUT2D eigenvalue weighted by molar-refractivity contribution is 7.99. The molecule has 0 saturated carbocycles. The van der Waals surface area contributed by atoms with E-state index < -0.39 is 0 Å². The molecular weight excluding hydrogens is 1030 g/mol. The van der Waals surface area contributed by atoms with Crippen LogP contribution in [0.5, 0.6) is 28.7 Å². The Kier molecular flexibility index (Phi) is 23.8. The van der Waals surface area contributed by atoms with Crippen LogP contribution in [0.1, 0.15) is 79.1 Å². The Labute approximate surface area is 471 Å². The topological polar surface area (TPSA) is 177 Å². The fourth-order valence-electron chi connectivity index (χ4n) is 9.66. The van der Waals surface area contributed by atoms with Gasteiger partial charge in [-0.1, -0.05) is 23.3 Å². The summed E-state index contributed by atoms with van der Waals surface area (Å²) in [6.07, 6.45) is 12.3. The van der Waals surface area contributed by atoms with Crippen molar-refractivity contribution in [3.05, 3.63) is 82.2 Å². The Morgan fingerprint density at radius 1 is 0.620 bits per heavy atom.